The molecular formula is C16H19NO3. The fourth-order valence-electron chi connectivity index (χ4n) is 2.51. The summed E-state index contributed by atoms with van der Waals surface area (Å²) in [5.74, 6) is -0.786. The number of carboxylic acids is 1. The summed E-state index contributed by atoms with van der Waals surface area (Å²) in [7, 11) is 0. The van der Waals surface area contributed by atoms with Gasteiger partial charge in [-0.1, -0.05) is 13.8 Å². The van der Waals surface area contributed by atoms with Crippen LogP contribution in [0, 0.1) is 0 Å². The highest BCUT2D eigenvalue weighted by Gasteiger charge is 2.18. The molecule has 0 aliphatic heterocycles. The molecule has 0 atom stereocenters. The minimum atomic E-state index is -0.969. The van der Waals surface area contributed by atoms with Crippen molar-refractivity contribution in [1.29, 1.82) is 0 Å². The maximum absolute atomic E-state index is 11.3. The van der Waals surface area contributed by atoms with Crippen LogP contribution in [0.15, 0.2) is 18.3 Å². The molecule has 0 bridgehead atoms. The predicted octanol–water partition coefficient (Wildman–Crippen LogP) is 3.86. The third-order valence-corrected chi connectivity index (χ3v) is 3.54. The maximum atomic E-state index is 11.3. The standard InChI is InChI=1S/C16H19NO3/c1-9(2)13-5-11(16(19)20)6-14-12(8-18)7-17(10(3)4)15(13)14/h5-10H,1-4H3,(H,19,20). The van der Waals surface area contributed by atoms with Gasteiger partial charge in [-0.3, -0.25) is 4.79 Å². The number of aromatic nitrogens is 1. The van der Waals surface area contributed by atoms with Crippen LogP contribution >= 0.6 is 0 Å². The summed E-state index contributed by atoms with van der Waals surface area (Å²) in [6, 6.07) is 3.51. The lowest BCUT2D eigenvalue weighted by molar-refractivity contribution is 0.0696. The van der Waals surface area contributed by atoms with Crippen molar-refractivity contribution in [3.8, 4) is 0 Å². The molecule has 20 heavy (non-hydrogen) atoms. The Hall–Kier alpha value is -2.10. The van der Waals surface area contributed by atoms with Gasteiger partial charge in [0.25, 0.3) is 0 Å². The van der Waals surface area contributed by atoms with E-state index in [4.69, 9.17) is 0 Å². The van der Waals surface area contributed by atoms with Crippen molar-refractivity contribution < 1.29 is 14.7 Å². The summed E-state index contributed by atoms with van der Waals surface area (Å²) >= 11 is 0. The summed E-state index contributed by atoms with van der Waals surface area (Å²) in [6.45, 7) is 8.14. The van der Waals surface area contributed by atoms with Gasteiger partial charge in [0, 0.05) is 23.2 Å². The van der Waals surface area contributed by atoms with E-state index in [1.165, 1.54) is 0 Å². The van der Waals surface area contributed by atoms with Crippen LogP contribution in [0.3, 0.4) is 0 Å². The highest BCUT2D eigenvalue weighted by Crippen LogP contribution is 2.32. The topological polar surface area (TPSA) is 59.3 Å². The highest BCUT2D eigenvalue weighted by molar-refractivity contribution is 6.03. The molecule has 0 saturated carbocycles. The summed E-state index contributed by atoms with van der Waals surface area (Å²) in [6.07, 6.45) is 2.59. The van der Waals surface area contributed by atoms with Gasteiger partial charge in [-0.2, -0.15) is 0 Å². The summed E-state index contributed by atoms with van der Waals surface area (Å²) in [5.41, 5.74) is 2.69. The predicted molar refractivity (Wildman–Crippen MR) is 78.8 cm³/mol. The molecule has 2 aromatic rings. The van der Waals surface area contributed by atoms with E-state index in [0.29, 0.717) is 5.56 Å². The molecule has 0 saturated heterocycles. The Morgan fingerprint density at radius 1 is 1.25 bits per heavy atom. The smallest absolute Gasteiger partial charge is 0.335 e. The molecule has 1 aromatic carbocycles. The van der Waals surface area contributed by atoms with Gasteiger partial charge >= 0.3 is 5.97 Å². The molecule has 0 unspecified atom stereocenters. The number of hydrogen-bond donors (Lipinski definition) is 1. The third-order valence-electron chi connectivity index (χ3n) is 3.54. The van der Waals surface area contributed by atoms with Gasteiger partial charge in [-0.05, 0) is 37.5 Å². The van der Waals surface area contributed by atoms with Crippen LogP contribution in [-0.4, -0.2) is 21.9 Å². The first-order chi connectivity index (χ1) is 9.36. The Balaban J connectivity index is 2.94. The zero-order valence-electron chi connectivity index (χ0n) is 12.2. The minimum absolute atomic E-state index is 0.184. The van der Waals surface area contributed by atoms with Gasteiger partial charge in [0.15, 0.2) is 6.29 Å². The Morgan fingerprint density at radius 2 is 1.90 bits per heavy atom. The Morgan fingerprint density at radius 3 is 2.35 bits per heavy atom. The lowest BCUT2D eigenvalue weighted by Crippen LogP contribution is -2.04. The first kappa shape index (κ1) is 14.3. The first-order valence-electron chi connectivity index (χ1n) is 6.73. The largest absolute Gasteiger partial charge is 0.478 e. The molecule has 2 rings (SSSR count). The van der Waals surface area contributed by atoms with Gasteiger partial charge in [-0.15, -0.1) is 0 Å². The molecule has 0 aliphatic rings. The monoisotopic (exact) mass is 273 g/mol. The van der Waals surface area contributed by atoms with E-state index in [2.05, 4.69) is 0 Å². The fraction of sp³-hybridized carbons (Fsp3) is 0.375. The van der Waals surface area contributed by atoms with Crippen LogP contribution in [0.4, 0.5) is 0 Å². The zero-order valence-corrected chi connectivity index (χ0v) is 12.2. The number of rotatable bonds is 4. The average Bonchev–Trinajstić information content (AvgIpc) is 2.75. The molecule has 0 aliphatic carbocycles. The van der Waals surface area contributed by atoms with E-state index in [1.807, 2.05) is 32.3 Å². The van der Waals surface area contributed by atoms with E-state index in [1.54, 1.807) is 18.3 Å². The van der Waals surface area contributed by atoms with Crippen LogP contribution in [0.25, 0.3) is 10.9 Å². The molecule has 0 radical (unpaired) electrons. The van der Waals surface area contributed by atoms with E-state index < -0.39 is 5.97 Å². The number of carboxylic acid groups (broad SMARTS) is 1. The van der Waals surface area contributed by atoms with Gasteiger partial charge < -0.3 is 9.67 Å². The number of hydrogen-bond acceptors (Lipinski definition) is 2. The van der Waals surface area contributed by atoms with E-state index >= 15 is 0 Å². The van der Waals surface area contributed by atoms with Crippen LogP contribution in [0.2, 0.25) is 0 Å². The van der Waals surface area contributed by atoms with Crippen LogP contribution < -0.4 is 0 Å². The second-order valence-corrected chi connectivity index (χ2v) is 5.62. The van der Waals surface area contributed by atoms with Crippen molar-refractivity contribution in [2.24, 2.45) is 0 Å². The number of benzene rings is 1. The number of fused-ring (bicyclic) bond motifs is 1. The van der Waals surface area contributed by atoms with Gasteiger partial charge in [0.05, 0.1) is 11.1 Å². The maximum Gasteiger partial charge on any atom is 0.335 e. The van der Waals surface area contributed by atoms with Crippen LogP contribution in [0.5, 0.6) is 0 Å². The minimum Gasteiger partial charge on any atom is -0.478 e. The molecule has 0 fully saturated rings. The van der Waals surface area contributed by atoms with E-state index in [-0.39, 0.29) is 17.5 Å². The number of aromatic carboxylic acids is 1. The normalized spacial score (nSPS) is 11.5. The highest BCUT2D eigenvalue weighted by atomic mass is 16.4. The van der Waals surface area contributed by atoms with E-state index in [0.717, 1.165) is 22.8 Å². The Labute approximate surface area is 118 Å². The SMILES string of the molecule is CC(C)c1cc(C(=O)O)cc2c(C=O)cn(C(C)C)c12. The van der Waals surface area contributed by atoms with Gasteiger partial charge in [-0.25, -0.2) is 4.79 Å². The van der Waals surface area contributed by atoms with Crippen molar-refractivity contribution in [1.82, 2.24) is 4.57 Å². The molecular weight excluding hydrogens is 254 g/mol. The first-order valence-corrected chi connectivity index (χ1v) is 6.73. The van der Waals surface area contributed by atoms with Crippen molar-refractivity contribution in [3.05, 3.63) is 35.0 Å². The van der Waals surface area contributed by atoms with Crippen molar-refractivity contribution >= 4 is 23.2 Å². The lowest BCUT2D eigenvalue weighted by Gasteiger charge is -2.15. The molecule has 1 aromatic heterocycles. The molecule has 0 spiro atoms. The number of carbonyl (C=O) groups excluding carboxylic acids is 1. The second kappa shape index (κ2) is 5.12. The molecule has 106 valence electrons. The summed E-state index contributed by atoms with van der Waals surface area (Å²) in [4.78, 5) is 22.5. The second-order valence-electron chi connectivity index (χ2n) is 5.62. The van der Waals surface area contributed by atoms with Crippen molar-refractivity contribution in [3.63, 3.8) is 0 Å². The fourth-order valence-corrected chi connectivity index (χ4v) is 2.51. The molecule has 1 N–H and O–H groups in total. The van der Waals surface area contributed by atoms with Gasteiger partial charge in [0.1, 0.15) is 0 Å². The molecule has 1 heterocycles. The van der Waals surface area contributed by atoms with Crippen LogP contribution in [0.1, 0.15) is 65.9 Å². The average molecular weight is 273 g/mol. The van der Waals surface area contributed by atoms with Crippen LogP contribution in [-0.2, 0) is 0 Å². The molecule has 4 heteroatoms. The number of aldehydes is 1. The number of nitrogens with zero attached hydrogens (tertiary/aromatic N) is 1. The third kappa shape index (κ3) is 2.22. The molecule has 4 nitrogen and oxygen atoms in total. The summed E-state index contributed by atoms with van der Waals surface area (Å²) in [5, 5.41) is 9.95. The van der Waals surface area contributed by atoms with Crippen molar-refractivity contribution in [2.75, 3.05) is 0 Å². The lowest BCUT2D eigenvalue weighted by atomic mass is 9.96. The molecule has 0 amide bonds. The number of carbonyl (C=O) groups is 2. The summed E-state index contributed by atoms with van der Waals surface area (Å²) < 4.78 is 2.04. The zero-order chi connectivity index (χ0) is 15.0. The van der Waals surface area contributed by atoms with Crippen molar-refractivity contribution in [2.45, 2.75) is 39.7 Å². The Kier molecular flexibility index (Phi) is 3.66. The van der Waals surface area contributed by atoms with Gasteiger partial charge in [0.2, 0.25) is 0 Å². The quantitative estimate of drug-likeness (QED) is 0.860. The Bertz CT molecular complexity index is 681. The van der Waals surface area contributed by atoms with E-state index in [9.17, 15) is 14.7 Å².